The number of hydrogen-bond acceptors (Lipinski definition) is 7. The van der Waals surface area contributed by atoms with Gasteiger partial charge in [-0.25, -0.2) is 0 Å². The van der Waals surface area contributed by atoms with Gasteiger partial charge in [-0.3, -0.25) is 4.40 Å². The molecule has 0 radical (unpaired) electrons. The minimum atomic E-state index is -4.44. The Labute approximate surface area is 175 Å². The van der Waals surface area contributed by atoms with Crippen molar-refractivity contribution in [1.29, 1.82) is 0 Å². The van der Waals surface area contributed by atoms with Crippen LogP contribution in [0.1, 0.15) is 23.6 Å². The van der Waals surface area contributed by atoms with E-state index in [0.29, 0.717) is 11.0 Å². The molecule has 0 N–H and O–H groups in total. The number of rotatable bonds is 4. The van der Waals surface area contributed by atoms with Crippen molar-refractivity contribution in [2.45, 2.75) is 23.5 Å². The van der Waals surface area contributed by atoms with Gasteiger partial charge >= 0.3 is 6.18 Å². The topological polar surface area (TPSA) is 69.1 Å². The Bertz CT molecular complexity index is 1360. The van der Waals surface area contributed by atoms with E-state index in [2.05, 4.69) is 20.3 Å². The van der Waals surface area contributed by atoms with E-state index >= 15 is 0 Å². The van der Waals surface area contributed by atoms with Crippen LogP contribution in [0.5, 0.6) is 0 Å². The summed E-state index contributed by atoms with van der Waals surface area (Å²) in [4.78, 5) is 5.07. The van der Waals surface area contributed by atoms with Crippen molar-refractivity contribution in [2.24, 2.45) is 0 Å². The van der Waals surface area contributed by atoms with Crippen molar-refractivity contribution >= 4 is 38.3 Å². The van der Waals surface area contributed by atoms with E-state index in [9.17, 15) is 13.2 Å². The fraction of sp³-hybridized carbons (Fsp3) is 0.158. The maximum Gasteiger partial charge on any atom is 0.416 e. The number of thioether (sulfide) groups is 1. The molecule has 0 unspecified atom stereocenters. The molecule has 152 valence electrons. The van der Waals surface area contributed by atoms with Crippen LogP contribution < -0.4 is 0 Å². The maximum absolute atomic E-state index is 13.0. The molecular formula is C19H12F3N5OS2. The normalized spacial score (nSPS) is 13.3. The Morgan fingerprint density at radius 3 is 2.77 bits per heavy atom. The van der Waals surface area contributed by atoms with Crippen LogP contribution in [0.3, 0.4) is 0 Å². The third-order valence-electron chi connectivity index (χ3n) is 4.43. The summed E-state index contributed by atoms with van der Waals surface area (Å²) in [5, 5.41) is 12.7. The van der Waals surface area contributed by atoms with E-state index in [-0.39, 0.29) is 16.6 Å². The first-order valence-electron chi connectivity index (χ1n) is 8.81. The highest BCUT2D eigenvalue weighted by molar-refractivity contribution is 7.99. The Morgan fingerprint density at radius 1 is 1.10 bits per heavy atom. The first kappa shape index (κ1) is 19.1. The number of para-hydroxylation sites is 1. The monoisotopic (exact) mass is 447 g/mol. The van der Waals surface area contributed by atoms with Crippen LogP contribution in [0, 0.1) is 0 Å². The second-order valence-electron chi connectivity index (χ2n) is 6.47. The van der Waals surface area contributed by atoms with Crippen molar-refractivity contribution in [3.63, 3.8) is 0 Å². The average Bonchev–Trinajstić information content (AvgIpc) is 3.43. The summed E-state index contributed by atoms with van der Waals surface area (Å²) < 4.78 is 47.3. The second kappa shape index (κ2) is 7.10. The van der Waals surface area contributed by atoms with Gasteiger partial charge in [-0.1, -0.05) is 52.5 Å². The van der Waals surface area contributed by atoms with Gasteiger partial charge in [0.1, 0.15) is 0 Å². The van der Waals surface area contributed by atoms with Crippen LogP contribution >= 0.6 is 23.1 Å². The highest BCUT2D eigenvalue weighted by Gasteiger charge is 2.31. The Balaban J connectivity index is 1.43. The molecule has 0 aliphatic heterocycles. The van der Waals surface area contributed by atoms with E-state index < -0.39 is 11.7 Å². The van der Waals surface area contributed by atoms with E-state index in [1.165, 1.54) is 23.9 Å². The van der Waals surface area contributed by atoms with Crippen LogP contribution in [0.25, 0.3) is 26.6 Å². The number of benzene rings is 2. The molecule has 3 heterocycles. The molecule has 0 saturated heterocycles. The largest absolute Gasteiger partial charge is 0.416 e. The fourth-order valence-corrected chi connectivity index (χ4v) is 4.91. The lowest BCUT2D eigenvalue weighted by molar-refractivity contribution is -0.137. The van der Waals surface area contributed by atoms with Gasteiger partial charge in [-0.2, -0.15) is 18.2 Å². The lowest BCUT2D eigenvalue weighted by Crippen LogP contribution is -2.04. The summed E-state index contributed by atoms with van der Waals surface area (Å²) in [7, 11) is 0. The molecule has 30 heavy (non-hydrogen) atoms. The number of halogens is 3. The van der Waals surface area contributed by atoms with E-state index in [4.69, 9.17) is 4.52 Å². The highest BCUT2D eigenvalue weighted by atomic mass is 32.2. The zero-order valence-corrected chi connectivity index (χ0v) is 16.9. The molecule has 0 saturated carbocycles. The van der Waals surface area contributed by atoms with Crippen LogP contribution in [0.4, 0.5) is 13.2 Å². The van der Waals surface area contributed by atoms with Crippen LogP contribution in [-0.4, -0.2) is 24.7 Å². The Morgan fingerprint density at radius 2 is 1.93 bits per heavy atom. The first-order chi connectivity index (χ1) is 14.4. The molecule has 3 aromatic heterocycles. The molecule has 5 rings (SSSR count). The van der Waals surface area contributed by atoms with Crippen LogP contribution in [0.15, 0.2) is 58.2 Å². The Kier molecular flexibility index (Phi) is 4.51. The van der Waals surface area contributed by atoms with E-state index in [1.54, 1.807) is 11.3 Å². The number of thiazole rings is 1. The van der Waals surface area contributed by atoms with Crippen molar-refractivity contribution in [3.8, 4) is 11.4 Å². The molecule has 11 heteroatoms. The van der Waals surface area contributed by atoms with Crippen LogP contribution in [0.2, 0.25) is 0 Å². The number of hydrogen-bond donors (Lipinski definition) is 0. The maximum atomic E-state index is 13.0. The van der Waals surface area contributed by atoms with Gasteiger partial charge in [0.25, 0.3) is 0 Å². The molecule has 0 aliphatic carbocycles. The fourth-order valence-electron chi connectivity index (χ4n) is 2.99. The Hall–Kier alpha value is -2.92. The standard InChI is InChI=1S/C19H12F3N5OS2/c1-10(29-17-24-25-18-27(17)13-7-2-3-8-14(13)30-18)16-23-15(26-28-16)11-5-4-6-12(9-11)19(20,21)22/h2-10H,1H3/t10-/m1/s1. The molecule has 0 spiro atoms. The lowest BCUT2D eigenvalue weighted by Gasteiger charge is -2.06. The number of aromatic nitrogens is 5. The van der Waals surface area contributed by atoms with E-state index in [0.717, 1.165) is 27.3 Å². The smallest absolute Gasteiger partial charge is 0.338 e. The molecule has 1 atom stereocenters. The minimum absolute atomic E-state index is 0.107. The van der Waals surface area contributed by atoms with Crippen LogP contribution in [-0.2, 0) is 6.18 Å². The highest BCUT2D eigenvalue weighted by Crippen LogP contribution is 2.37. The molecular weight excluding hydrogens is 435 g/mol. The minimum Gasteiger partial charge on any atom is -0.338 e. The summed E-state index contributed by atoms with van der Waals surface area (Å²) in [6.45, 7) is 1.86. The van der Waals surface area contributed by atoms with Crippen molar-refractivity contribution < 1.29 is 17.7 Å². The third-order valence-corrected chi connectivity index (χ3v) is 6.47. The molecule has 0 fully saturated rings. The SMILES string of the molecule is C[C@@H](Sc1nnc2sc3ccccc3n12)c1nc(-c2cccc(C(F)(F)F)c2)no1. The number of nitrogens with zero attached hydrogens (tertiary/aromatic N) is 5. The first-order valence-corrected chi connectivity index (χ1v) is 10.5. The quantitative estimate of drug-likeness (QED) is 0.321. The van der Waals surface area contributed by atoms with Crippen molar-refractivity contribution in [2.75, 3.05) is 0 Å². The average molecular weight is 447 g/mol. The van der Waals surface area contributed by atoms with Gasteiger partial charge in [0.2, 0.25) is 16.7 Å². The molecule has 0 bridgehead atoms. The predicted octanol–water partition coefficient (Wildman–Crippen LogP) is 5.87. The van der Waals surface area contributed by atoms with Crippen molar-refractivity contribution in [3.05, 3.63) is 60.0 Å². The summed E-state index contributed by atoms with van der Waals surface area (Å²) >= 11 is 2.93. The van der Waals surface area contributed by atoms with Gasteiger partial charge in [0.15, 0.2) is 5.16 Å². The summed E-state index contributed by atoms with van der Waals surface area (Å²) in [5.41, 5.74) is 0.488. The molecule has 0 amide bonds. The summed E-state index contributed by atoms with van der Waals surface area (Å²) in [6, 6.07) is 12.8. The molecule has 5 aromatic rings. The van der Waals surface area contributed by atoms with Crippen molar-refractivity contribution in [1.82, 2.24) is 24.7 Å². The number of alkyl halides is 3. The molecule has 2 aromatic carbocycles. The van der Waals surface area contributed by atoms with Gasteiger partial charge in [0, 0.05) is 5.56 Å². The second-order valence-corrected chi connectivity index (χ2v) is 8.78. The summed E-state index contributed by atoms with van der Waals surface area (Å²) in [5.74, 6) is 0.402. The van der Waals surface area contributed by atoms with Gasteiger partial charge in [-0.05, 0) is 31.2 Å². The van der Waals surface area contributed by atoms with E-state index in [1.807, 2.05) is 35.6 Å². The lowest BCUT2D eigenvalue weighted by atomic mass is 10.1. The zero-order chi connectivity index (χ0) is 20.9. The third kappa shape index (κ3) is 3.33. The van der Waals surface area contributed by atoms with Gasteiger partial charge < -0.3 is 4.52 Å². The predicted molar refractivity (Wildman–Crippen MR) is 107 cm³/mol. The van der Waals surface area contributed by atoms with Gasteiger partial charge in [0.05, 0.1) is 21.0 Å². The summed E-state index contributed by atoms with van der Waals surface area (Å²) in [6.07, 6.45) is -4.44. The molecule has 0 aliphatic rings. The number of fused-ring (bicyclic) bond motifs is 3. The van der Waals surface area contributed by atoms with Gasteiger partial charge in [-0.15, -0.1) is 10.2 Å². The zero-order valence-electron chi connectivity index (χ0n) is 15.3. The molecule has 6 nitrogen and oxygen atoms in total.